The first-order valence-electron chi connectivity index (χ1n) is 3.23. The molecule has 2 N–H and O–H groups in total. The van der Waals surface area contributed by atoms with E-state index in [4.69, 9.17) is 5.73 Å². The van der Waals surface area contributed by atoms with Gasteiger partial charge in [0.1, 0.15) is 0 Å². The maximum Gasteiger partial charge on any atom is 0.0451 e. The molecule has 0 atom stereocenters. The highest BCUT2D eigenvalue weighted by Crippen LogP contribution is 1.95. The van der Waals surface area contributed by atoms with Crippen LogP contribution in [0, 0.1) is 0 Å². The summed E-state index contributed by atoms with van der Waals surface area (Å²) < 4.78 is 0. The SMILES string of the molecule is CC=N/C=C(\N)CCC. The second-order valence-electron chi connectivity index (χ2n) is 1.86. The van der Waals surface area contributed by atoms with Crippen LogP contribution in [0.5, 0.6) is 0 Å². The Labute approximate surface area is 56.5 Å². The fourth-order valence-corrected chi connectivity index (χ4v) is 0.523. The van der Waals surface area contributed by atoms with Crippen molar-refractivity contribution in [3.8, 4) is 0 Å². The summed E-state index contributed by atoms with van der Waals surface area (Å²) in [6.45, 7) is 3.96. The summed E-state index contributed by atoms with van der Waals surface area (Å²) in [4.78, 5) is 3.88. The standard InChI is InChI=1S/C7H14N2/c1-3-5-7(8)6-9-4-2/h4,6H,3,5,8H2,1-2H3/b7-6-,9-4?. The summed E-state index contributed by atoms with van der Waals surface area (Å²) in [7, 11) is 0. The van der Waals surface area contributed by atoms with Crippen molar-refractivity contribution in [3.05, 3.63) is 11.9 Å². The third-order valence-electron chi connectivity index (χ3n) is 0.928. The van der Waals surface area contributed by atoms with E-state index >= 15 is 0 Å². The number of rotatable bonds is 3. The van der Waals surface area contributed by atoms with E-state index in [2.05, 4.69) is 11.9 Å². The van der Waals surface area contributed by atoms with Crippen LogP contribution in [0.2, 0.25) is 0 Å². The van der Waals surface area contributed by atoms with E-state index in [1.165, 1.54) is 0 Å². The van der Waals surface area contributed by atoms with Gasteiger partial charge in [0, 0.05) is 18.1 Å². The average Bonchev–Trinajstić information content (AvgIpc) is 1.85. The van der Waals surface area contributed by atoms with Gasteiger partial charge in [0.05, 0.1) is 0 Å². The molecule has 0 aliphatic carbocycles. The Kier molecular flexibility index (Phi) is 4.88. The first kappa shape index (κ1) is 8.21. The van der Waals surface area contributed by atoms with Gasteiger partial charge < -0.3 is 5.73 Å². The van der Waals surface area contributed by atoms with E-state index in [0.717, 1.165) is 18.5 Å². The molecule has 0 radical (unpaired) electrons. The molecule has 0 aromatic heterocycles. The highest BCUT2D eigenvalue weighted by Gasteiger charge is 1.82. The molecular weight excluding hydrogens is 112 g/mol. The lowest BCUT2D eigenvalue weighted by atomic mass is 10.3. The molecule has 0 aliphatic rings. The van der Waals surface area contributed by atoms with Crippen LogP contribution in [0.4, 0.5) is 0 Å². The monoisotopic (exact) mass is 126 g/mol. The predicted molar refractivity (Wildman–Crippen MR) is 41.3 cm³/mol. The minimum absolute atomic E-state index is 0.857. The molecule has 0 unspecified atom stereocenters. The van der Waals surface area contributed by atoms with Crippen LogP contribution in [-0.4, -0.2) is 6.21 Å². The Morgan fingerprint density at radius 3 is 2.78 bits per heavy atom. The van der Waals surface area contributed by atoms with Crippen LogP contribution in [0.25, 0.3) is 0 Å². The van der Waals surface area contributed by atoms with Gasteiger partial charge in [0.25, 0.3) is 0 Å². The van der Waals surface area contributed by atoms with Gasteiger partial charge >= 0.3 is 0 Å². The van der Waals surface area contributed by atoms with Crippen molar-refractivity contribution < 1.29 is 0 Å². The molecule has 0 saturated heterocycles. The minimum Gasteiger partial charge on any atom is -0.401 e. The summed E-state index contributed by atoms with van der Waals surface area (Å²) in [5, 5.41) is 0. The van der Waals surface area contributed by atoms with Gasteiger partial charge in [-0.05, 0) is 13.3 Å². The van der Waals surface area contributed by atoms with Crippen molar-refractivity contribution in [2.24, 2.45) is 10.7 Å². The number of nitrogens with zero attached hydrogens (tertiary/aromatic N) is 1. The van der Waals surface area contributed by atoms with Crippen molar-refractivity contribution in [2.75, 3.05) is 0 Å². The highest BCUT2D eigenvalue weighted by atomic mass is 14.7. The quantitative estimate of drug-likeness (QED) is 0.574. The lowest BCUT2D eigenvalue weighted by Gasteiger charge is -1.92. The van der Waals surface area contributed by atoms with Gasteiger partial charge in [0.15, 0.2) is 0 Å². The molecular formula is C7H14N2. The van der Waals surface area contributed by atoms with Crippen molar-refractivity contribution >= 4 is 6.21 Å². The van der Waals surface area contributed by atoms with E-state index in [-0.39, 0.29) is 0 Å². The third kappa shape index (κ3) is 5.07. The summed E-state index contributed by atoms with van der Waals surface area (Å²) in [6, 6.07) is 0. The van der Waals surface area contributed by atoms with Gasteiger partial charge in [-0.2, -0.15) is 0 Å². The minimum atomic E-state index is 0.857. The van der Waals surface area contributed by atoms with Crippen molar-refractivity contribution in [1.82, 2.24) is 0 Å². The Bertz CT molecular complexity index is 114. The Hall–Kier alpha value is -0.790. The van der Waals surface area contributed by atoms with E-state index in [1.807, 2.05) is 6.92 Å². The zero-order valence-electron chi connectivity index (χ0n) is 6.09. The predicted octanol–water partition coefficient (Wildman–Crippen LogP) is 1.68. The van der Waals surface area contributed by atoms with Gasteiger partial charge in [-0.1, -0.05) is 13.3 Å². The summed E-state index contributed by atoms with van der Waals surface area (Å²) in [6.07, 6.45) is 5.45. The van der Waals surface area contributed by atoms with E-state index in [0.29, 0.717) is 0 Å². The normalized spacial score (nSPS) is 12.9. The maximum atomic E-state index is 5.52. The van der Waals surface area contributed by atoms with Crippen LogP contribution < -0.4 is 5.73 Å². The van der Waals surface area contributed by atoms with E-state index in [1.54, 1.807) is 12.4 Å². The second kappa shape index (κ2) is 5.35. The molecule has 0 rings (SSSR count). The molecule has 52 valence electrons. The molecule has 9 heavy (non-hydrogen) atoms. The largest absolute Gasteiger partial charge is 0.401 e. The molecule has 0 amide bonds. The topological polar surface area (TPSA) is 38.4 Å². The molecule has 0 saturated carbocycles. The van der Waals surface area contributed by atoms with Crippen LogP contribution in [0.15, 0.2) is 16.9 Å². The maximum absolute atomic E-state index is 5.52. The lowest BCUT2D eigenvalue weighted by molar-refractivity contribution is 0.889. The molecule has 0 spiro atoms. The third-order valence-corrected chi connectivity index (χ3v) is 0.928. The van der Waals surface area contributed by atoms with Crippen LogP contribution in [0.3, 0.4) is 0 Å². The molecule has 0 heterocycles. The molecule has 2 heteroatoms. The highest BCUT2D eigenvalue weighted by molar-refractivity contribution is 5.54. The molecule has 0 aromatic carbocycles. The Morgan fingerprint density at radius 1 is 1.67 bits per heavy atom. The first-order chi connectivity index (χ1) is 4.31. The van der Waals surface area contributed by atoms with Crippen molar-refractivity contribution in [1.29, 1.82) is 0 Å². The van der Waals surface area contributed by atoms with Gasteiger partial charge in [-0.25, -0.2) is 0 Å². The zero-order chi connectivity index (χ0) is 7.11. The Balaban J connectivity index is 3.55. The molecule has 0 bridgehead atoms. The smallest absolute Gasteiger partial charge is 0.0451 e. The molecule has 0 fully saturated rings. The number of nitrogens with two attached hydrogens (primary N) is 1. The zero-order valence-corrected chi connectivity index (χ0v) is 6.09. The summed E-state index contributed by atoms with van der Waals surface area (Å²) in [5.74, 6) is 0. The average molecular weight is 126 g/mol. The summed E-state index contributed by atoms with van der Waals surface area (Å²) in [5.41, 5.74) is 6.37. The van der Waals surface area contributed by atoms with Crippen LogP contribution in [0.1, 0.15) is 26.7 Å². The lowest BCUT2D eigenvalue weighted by Crippen LogP contribution is -1.94. The van der Waals surface area contributed by atoms with Crippen molar-refractivity contribution in [2.45, 2.75) is 26.7 Å². The molecule has 0 aliphatic heterocycles. The second-order valence-corrected chi connectivity index (χ2v) is 1.86. The molecule has 2 nitrogen and oxygen atoms in total. The van der Waals surface area contributed by atoms with E-state index in [9.17, 15) is 0 Å². The van der Waals surface area contributed by atoms with Gasteiger partial charge in [-0.3, -0.25) is 4.99 Å². The first-order valence-corrected chi connectivity index (χ1v) is 3.23. The number of hydrogen-bond donors (Lipinski definition) is 1. The van der Waals surface area contributed by atoms with Gasteiger partial charge in [0.2, 0.25) is 0 Å². The number of hydrogen-bond acceptors (Lipinski definition) is 2. The van der Waals surface area contributed by atoms with Gasteiger partial charge in [-0.15, -0.1) is 0 Å². The van der Waals surface area contributed by atoms with Crippen LogP contribution in [-0.2, 0) is 0 Å². The fourth-order valence-electron chi connectivity index (χ4n) is 0.523. The fraction of sp³-hybridized carbons (Fsp3) is 0.571. The Morgan fingerprint density at radius 2 is 2.33 bits per heavy atom. The number of aliphatic imine (C=N–C) groups is 1. The van der Waals surface area contributed by atoms with Crippen LogP contribution >= 0.6 is 0 Å². The summed E-state index contributed by atoms with van der Waals surface area (Å²) >= 11 is 0. The van der Waals surface area contributed by atoms with Crippen molar-refractivity contribution in [3.63, 3.8) is 0 Å². The molecule has 0 aromatic rings. The number of allylic oxidation sites excluding steroid dienone is 1. The van der Waals surface area contributed by atoms with E-state index < -0.39 is 0 Å².